The van der Waals surface area contributed by atoms with Gasteiger partial charge in [-0.05, 0) is 39.0 Å². The van der Waals surface area contributed by atoms with Crippen molar-refractivity contribution in [3.05, 3.63) is 48.4 Å². The molecule has 1 amide bonds. The number of benzene rings is 1. The molecule has 0 radical (unpaired) electrons. The molecule has 1 atom stereocenters. The molecule has 0 aliphatic carbocycles. The minimum atomic E-state index is -1.12. The Labute approximate surface area is 157 Å². The van der Waals surface area contributed by atoms with Crippen LogP contribution in [-0.2, 0) is 9.53 Å². The molecule has 0 aliphatic rings. The third-order valence-electron chi connectivity index (χ3n) is 3.40. The van der Waals surface area contributed by atoms with Crippen molar-refractivity contribution in [3.63, 3.8) is 0 Å². The predicted octanol–water partition coefficient (Wildman–Crippen LogP) is 2.66. The molecule has 0 fully saturated rings. The second-order valence-electron chi connectivity index (χ2n) is 6.79. The molecular weight excluding hydrogens is 350 g/mol. The van der Waals surface area contributed by atoms with Crippen LogP contribution >= 0.6 is 0 Å². The van der Waals surface area contributed by atoms with E-state index in [2.05, 4.69) is 15.3 Å². The molecule has 1 unspecified atom stereocenters. The van der Waals surface area contributed by atoms with Crippen LogP contribution in [0.25, 0.3) is 0 Å². The molecule has 2 aromatic rings. The number of rotatable bonds is 8. The number of ether oxygens (including phenoxy) is 2. The van der Waals surface area contributed by atoms with Crippen molar-refractivity contribution in [1.29, 1.82) is 0 Å². The second kappa shape index (κ2) is 9.09. The fourth-order valence-electron chi connectivity index (χ4n) is 2.14. The largest absolute Gasteiger partial charge is 0.480 e. The zero-order valence-electron chi connectivity index (χ0n) is 15.5. The smallest absolute Gasteiger partial charge is 0.326 e. The van der Waals surface area contributed by atoms with E-state index >= 15 is 0 Å². The van der Waals surface area contributed by atoms with E-state index < -0.39 is 17.9 Å². The van der Waals surface area contributed by atoms with Crippen LogP contribution in [0.3, 0.4) is 0 Å². The third kappa shape index (κ3) is 7.02. The molecule has 0 saturated heterocycles. The molecule has 2 rings (SSSR count). The molecule has 8 nitrogen and oxygen atoms in total. The highest BCUT2D eigenvalue weighted by atomic mass is 16.5. The number of amides is 1. The zero-order chi connectivity index (χ0) is 19.9. The molecule has 1 aromatic heterocycles. The number of hydrogen-bond acceptors (Lipinski definition) is 6. The quantitative estimate of drug-likeness (QED) is 0.732. The van der Waals surface area contributed by atoms with Crippen LogP contribution in [0.5, 0.6) is 11.6 Å². The highest BCUT2D eigenvalue weighted by Crippen LogP contribution is 2.19. The van der Waals surface area contributed by atoms with E-state index in [1.54, 1.807) is 18.2 Å². The maximum Gasteiger partial charge on any atom is 0.326 e. The van der Waals surface area contributed by atoms with E-state index in [0.717, 1.165) is 0 Å². The average molecular weight is 373 g/mol. The summed E-state index contributed by atoms with van der Waals surface area (Å²) in [5, 5.41) is 11.8. The van der Waals surface area contributed by atoms with E-state index in [1.807, 2.05) is 20.8 Å². The Balaban J connectivity index is 2.00. The Morgan fingerprint density at radius 2 is 2.04 bits per heavy atom. The molecular formula is C19H23N3O5. The first-order valence-corrected chi connectivity index (χ1v) is 8.46. The van der Waals surface area contributed by atoms with Gasteiger partial charge in [0.2, 0.25) is 5.88 Å². The van der Waals surface area contributed by atoms with Gasteiger partial charge in [-0.3, -0.25) is 9.78 Å². The lowest BCUT2D eigenvalue weighted by Crippen LogP contribution is -2.42. The second-order valence-corrected chi connectivity index (χ2v) is 6.79. The van der Waals surface area contributed by atoms with E-state index in [1.165, 1.54) is 24.7 Å². The highest BCUT2D eigenvalue weighted by Gasteiger charge is 2.22. The van der Waals surface area contributed by atoms with Gasteiger partial charge in [0, 0.05) is 31.0 Å². The summed E-state index contributed by atoms with van der Waals surface area (Å²) in [6, 6.07) is 5.33. The van der Waals surface area contributed by atoms with Crippen LogP contribution in [0.2, 0.25) is 0 Å². The summed E-state index contributed by atoms with van der Waals surface area (Å²) in [5.74, 6) is -0.945. The van der Waals surface area contributed by atoms with Crippen molar-refractivity contribution >= 4 is 11.9 Å². The SMILES string of the molecule is CC(C)(C)OCCC(NC(=O)c1cccc(Oc2cnccn2)c1)C(=O)O. The van der Waals surface area contributed by atoms with Gasteiger partial charge in [0.15, 0.2) is 0 Å². The number of aliphatic carboxylic acids is 1. The van der Waals surface area contributed by atoms with Crippen LogP contribution in [0.4, 0.5) is 0 Å². The summed E-state index contributed by atoms with van der Waals surface area (Å²) >= 11 is 0. The normalized spacial score (nSPS) is 12.3. The van der Waals surface area contributed by atoms with Gasteiger partial charge < -0.3 is 19.9 Å². The van der Waals surface area contributed by atoms with Gasteiger partial charge in [0.05, 0.1) is 11.8 Å². The standard InChI is InChI=1S/C19H23N3O5/c1-19(2,3)26-10-7-15(18(24)25)22-17(23)13-5-4-6-14(11-13)27-16-12-20-8-9-21-16/h4-6,8-9,11-12,15H,7,10H2,1-3H3,(H,22,23)(H,24,25). The molecule has 27 heavy (non-hydrogen) atoms. The van der Waals surface area contributed by atoms with E-state index in [0.29, 0.717) is 5.75 Å². The van der Waals surface area contributed by atoms with Crippen LogP contribution in [0.15, 0.2) is 42.9 Å². The Bertz CT molecular complexity index is 774. The lowest BCUT2D eigenvalue weighted by Gasteiger charge is -2.21. The number of nitrogens with one attached hydrogen (secondary N) is 1. The van der Waals surface area contributed by atoms with Crippen LogP contribution < -0.4 is 10.1 Å². The number of nitrogens with zero attached hydrogens (tertiary/aromatic N) is 2. The van der Waals surface area contributed by atoms with Crippen molar-refractivity contribution in [2.24, 2.45) is 0 Å². The van der Waals surface area contributed by atoms with Crippen molar-refractivity contribution in [1.82, 2.24) is 15.3 Å². The van der Waals surface area contributed by atoms with E-state index in [9.17, 15) is 14.7 Å². The predicted molar refractivity (Wildman–Crippen MR) is 97.8 cm³/mol. The molecule has 8 heteroatoms. The average Bonchev–Trinajstić information content (AvgIpc) is 2.60. The van der Waals surface area contributed by atoms with Crippen molar-refractivity contribution in [2.45, 2.75) is 38.8 Å². The molecule has 1 heterocycles. The third-order valence-corrected chi connectivity index (χ3v) is 3.40. The van der Waals surface area contributed by atoms with Crippen molar-refractivity contribution in [2.75, 3.05) is 6.61 Å². The minimum Gasteiger partial charge on any atom is -0.480 e. The van der Waals surface area contributed by atoms with Gasteiger partial charge in [-0.2, -0.15) is 0 Å². The monoisotopic (exact) mass is 373 g/mol. The summed E-state index contributed by atoms with van der Waals surface area (Å²) in [7, 11) is 0. The van der Waals surface area contributed by atoms with Crippen LogP contribution in [-0.4, -0.2) is 45.2 Å². The van der Waals surface area contributed by atoms with Gasteiger partial charge in [-0.25, -0.2) is 9.78 Å². The molecule has 0 aliphatic heterocycles. The number of carboxylic acid groups (broad SMARTS) is 1. The fraction of sp³-hybridized carbons (Fsp3) is 0.368. The Kier molecular flexibility index (Phi) is 6.84. The van der Waals surface area contributed by atoms with Crippen LogP contribution in [0.1, 0.15) is 37.6 Å². The minimum absolute atomic E-state index is 0.161. The number of hydrogen-bond donors (Lipinski definition) is 2. The Hall–Kier alpha value is -3.00. The summed E-state index contributed by atoms with van der Waals surface area (Å²) in [5.41, 5.74) is -0.0987. The van der Waals surface area contributed by atoms with Crippen molar-refractivity contribution in [3.8, 4) is 11.6 Å². The zero-order valence-corrected chi connectivity index (χ0v) is 15.5. The lowest BCUT2D eigenvalue weighted by atomic mass is 10.1. The number of carbonyl (C=O) groups is 2. The maximum atomic E-state index is 12.4. The van der Waals surface area contributed by atoms with Gasteiger partial charge in [0.25, 0.3) is 5.91 Å². The Morgan fingerprint density at radius 3 is 2.67 bits per heavy atom. The lowest BCUT2D eigenvalue weighted by molar-refractivity contribution is -0.140. The molecule has 1 aromatic carbocycles. The highest BCUT2D eigenvalue weighted by molar-refractivity contribution is 5.96. The molecule has 0 bridgehead atoms. The maximum absolute atomic E-state index is 12.4. The van der Waals surface area contributed by atoms with Gasteiger partial charge >= 0.3 is 5.97 Å². The number of aromatic nitrogens is 2. The summed E-state index contributed by atoms with van der Waals surface area (Å²) in [6.45, 7) is 5.86. The van der Waals surface area contributed by atoms with Crippen molar-refractivity contribution < 1.29 is 24.2 Å². The van der Waals surface area contributed by atoms with Gasteiger partial charge in [-0.15, -0.1) is 0 Å². The number of carboxylic acids is 1. The first-order chi connectivity index (χ1) is 12.7. The molecule has 0 spiro atoms. The Morgan fingerprint density at radius 1 is 1.26 bits per heavy atom. The van der Waals surface area contributed by atoms with E-state index in [-0.39, 0.29) is 30.1 Å². The van der Waals surface area contributed by atoms with E-state index in [4.69, 9.17) is 9.47 Å². The fourth-order valence-corrected chi connectivity index (χ4v) is 2.14. The first-order valence-electron chi connectivity index (χ1n) is 8.46. The van der Waals surface area contributed by atoms with Gasteiger partial charge in [0.1, 0.15) is 11.8 Å². The van der Waals surface area contributed by atoms with Crippen LogP contribution in [0, 0.1) is 0 Å². The summed E-state index contributed by atoms with van der Waals surface area (Å²) in [6.07, 6.45) is 4.62. The first kappa shape index (κ1) is 20.3. The molecule has 144 valence electrons. The summed E-state index contributed by atoms with van der Waals surface area (Å²) < 4.78 is 11.1. The van der Waals surface area contributed by atoms with Gasteiger partial charge in [-0.1, -0.05) is 6.07 Å². The summed E-state index contributed by atoms with van der Waals surface area (Å²) in [4.78, 5) is 31.7. The topological polar surface area (TPSA) is 111 Å². The number of carbonyl (C=O) groups excluding carboxylic acids is 1. The molecule has 2 N–H and O–H groups in total. The molecule has 0 saturated carbocycles.